The summed E-state index contributed by atoms with van der Waals surface area (Å²) in [6.07, 6.45) is 1.01. The second-order valence-electron chi connectivity index (χ2n) is 6.37. The van der Waals surface area contributed by atoms with Crippen molar-refractivity contribution >= 4 is 32.3 Å². The lowest BCUT2D eigenvalue weighted by Gasteiger charge is -2.16. The van der Waals surface area contributed by atoms with E-state index in [0.29, 0.717) is 10.7 Å². The van der Waals surface area contributed by atoms with Crippen molar-refractivity contribution in [2.75, 3.05) is 7.05 Å². The smallest absolute Gasteiger partial charge is 0.266 e. The summed E-state index contributed by atoms with van der Waals surface area (Å²) in [5.74, 6) is 0.213. The van der Waals surface area contributed by atoms with Crippen molar-refractivity contribution < 1.29 is 5.11 Å². The molecular weight excluding hydrogens is 344 g/mol. The zero-order chi connectivity index (χ0) is 18.3. The van der Waals surface area contributed by atoms with Crippen LogP contribution in [0.15, 0.2) is 52.6 Å². The van der Waals surface area contributed by atoms with Crippen LogP contribution in [-0.4, -0.2) is 17.1 Å². The van der Waals surface area contributed by atoms with Gasteiger partial charge in [0.1, 0.15) is 10.4 Å². The van der Waals surface area contributed by atoms with Crippen molar-refractivity contribution in [3.05, 3.63) is 63.8 Å². The molecule has 2 aromatic heterocycles. The summed E-state index contributed by atoms with van der Waals surface area (Å²) in [5, 5.41) is 17.6. The number of benzene rings is 2. The maximum atomic E-state index is 12.3. The minimum absolute atomic E-state index is 0.0886. The number of fused-ring (bicyclic) bond motifs is 3. The number of aromatic nitrogens is 1. The van der Waals surface area contributed by atoms with E-state index in [0.717, 1.165) is 33.8 Å². The largest absolute Gasteiger partial charge is 0.507 e. The maximum Gasteiger partial charge on any atom is 0.266 e. The molecule has 2 heterocycles. The number of phenolic OH excluding ortho intramolecular Hbond substituents is 1. The van der Waals surface area contributed by atoms with Gasteiger partial charge in [0.05, 0.1) is 0 Å². The standard InChI is InChI=1S/C21H20N2O2S/c1-3-15(22-2)12-4-6-13(7-5-12)18-17(24)9-8-16-19(18)14-10-11-26-20(14)21(25)23-16/h4-11,15,22,24H,3H2,1-2H3,(H,23,25)/t15-/m0/s1. The normalized spacial score (nSPS) is 12.7. The van der Waals surface area contributed by atoms with Crippen molar-refractivity contribution in [2.45, 2.75) is 19.4 Å². The van der Waals surface area contributed by atoms with Gasteiger partial charge in [0.2, 0.25) is 0 Å². The Balaban J connectivity index is 1.98. The van der Waals surface area contributed by atoms with E-state index in [1.54, 1.807) is 12.1 Å². The number of phenols is 1. The molecule has 5 heteroatoms. The minimum Gasteiger partial charge on any atom is -0.507 e. The summed E-state index contributed by atoms with van der Waals surface area (Å²) in [4.78, 5) is 15.2. The van der Waals surface area contributed by atoms with E-state index in [4.69, 9.17) is 0 Å². The van der Waals surface area contributed by atoms with Gasteiger partial charge in [-0.25, -0.2) is 0 Å². The molecule has 0 spiro atoms. The fourth-order valence-corrected chi connectivity index (χ4v) is 4.41. The lowest BCUT2D eigenvalue weighted by molar-refractivity contribution is 0.478. The average Bonchev–Trinajstić information content (AvgIpc) is 3.15. The van der Waals surface area contributed by atoms with Gasteiger partial charge in [0.15, 0.2) is 0 Å². The van der Waals surface area contributed by atoms with Gasteiger partial charge in [-0.1, -0.05) is 31.2 Å². The molecular formula is C21H20N2O2S. The molecule has 4 nitrogen and oxygen atoms in total. The van der Waals surface area contributed by atoms with Crippen LogP contribution in [-0.2, 0) is 0 Å². The number of H-pyrrole nitrogens is 1. The molecule has 0 radical (unpaired) electrons. The molecule has 0 saturated carbocycles. The Morgan fingerprint density at radius 1 is 1.15 bits per heavy atom. The highest BCUT2D eigenvalue weighted by Crippen LogP contribution is 2.39. The Kier molecular flexibility index (Phi) is 4.26. The first-order valence-electron chi connectivity index (χ1n) is 8.66. The molecule has 0 saturated heterocycles. The fourth-order valence-electron chi connectivity index (χ4n) is 3.62. The number of rotatable bonds is 4. The number of hydrogen-bond acceptors (Lipinski definition) is 4. The Bertz CT molecular complexity index is 1140. The SMILES string of the molecule is CC[C@H](NC)c1ccc(-c2c(O)ccc3[nH]c(=O)c4sccc4c23)cc1. The monoisotopic (exact) mass is 364 g/mol. The maximum absolute atomic E-state index is 12.3. The molecule has 2 aromatic carbocycles. The third-order valence-corrected chi connectivity index (χ3v) is 5.84. The summed E-state index contributed by atoms with van der Waals surface area (Å²) in [6, 6.07) is 13.9. The quantitative estimate of drug-likeness (QED) is 0.488. The van der Waals surface area contributed by atoms with Gasteiger partial charge in [-0.3, -0.25) is 4.79 Å². The average molecular weight is 364 g/mol. The summed E-state index contributed by atoms with van der Waals surface area (Å²) in [6.45, 7) is 2.15. The zero-order valence-corrected chi connectivity index (χ0v) is 15.5. The van der Waals surface area contributed by atoms with E-state index in [9.17, 15) is 9.90 Å². The van der Waals surface area contributed by atoms with E-state index in [2.05, 4.69) is 29.4 Å². The highest BCUT2D eigenvalue weighted by atomic mass is 32.1. The van der Waals surface area contributed by atoms with Crippen LogP contribution in [0.4, 0.5) is 0 Å². The van der Waals surface area contributed by atoms with E-state index in [1.165, 1.54) is 16.9 Å². The highest BCUT2D eigenvalue weighted by Gasteiger charge is 2.16. The number of pyridine rings is 1. The third-order valence-electron chi connectivity index (χ3n) is 4.93. The number of nitrogens with one attached hydrogen (secondary N) is 2. The van der Waals surface area contributed by atoms with Gasteiger partial charge in [0.25, 0.3) is 5.56 Å². The topological polar surface area (TPSA) is 65.1 Å². The number of aromatic hydroxyl groups is 1. The van der Waals surface area contributed by atoms with Crippen LogP contribution < -0.4 is 10.9 Å². The lowest BCUT2D eigenvalue weighted by atomic mass is 9.95. The lowest BCUT2D eigenvalue weighted by Crippen LogP contribution is -2.14. The Morgan fingerprint density at radius 3 is 2.62 bits per heavy atom. The van der Waals surface area contributed by atoms with Gasteiger partial charge in [0, 0.05) is 27.9 Å². The van der Waals surface area contributed by atoms with Crippen LogP contribution >= 0.6 is 11.3 Å². The molecule has 0 amide bonds. The van der Waals surface area contributed by atoms with Crippen LogP contribution in [0.5, 0.6) is 5.75 Å². The summed E-state index contributed by atoms with van der Waals surface area (Å²) in [5.41, 5.74) is 3.55. The first kappa shape index (κ1) is 16.8. The summed E-state index contributed by atoms with van der Waals surface area (Å²) >= 11 is 1.42. The van der Waals surface area contributed by atoms with Gasteiger partial charge < -0.3 is 15.4 Å². The number of thiophene rings is 1. The minimum atomic E-state index is -0.0886. The van der Waals surface area contributed by atoms with Crippen molar-refractivity contribution in [1.29, 1.82) is 0 Å². The molecule has 0 aliphatic heterocycles. The van der Waals surface area contributed by atoms with Crippen molar-refractivity contribution in [1.82, 2.24) is 10.3 Å². The fraction of sp³-hybridized carbons (Fsp3) is 0.190. The van der Waals surface area contributed by atoms with Crippen LogP contribution in [0.3, 0.4) is 0 Å². The molecule has 0 fully saturated rings. The molecule has 3 N–H and O–H groups in total. The van der Waals surface area contributed by atoms with E-state index in [-0.39, 0.29) is 11.3 Å². The predicted octanol–water partition coefficient (Wildman–Crippen LogP) is 4.79. The highest BCUT2D eigenvalue weighted by molar-refractivity contribution is 7.17. The van der Waals surface area contributed by atoms with Gasteiger partial charge >= 0.3 is 0 Å². The molecule has 0 unspecified atom stereocenters. The van der Waals surface area contributed by atoms with Gasteiger partial charge in [-0.15, -0.1) is 11.3 Å². The van der Waals surface area contributed by atoms with Crippen molar-refractivity contribution in [3.8, 4) is 16.9 Å². The Labute approximate surface area is 155 Å². The van der Waals surface area contributed by atoms with Gasteiger partial charge in [-0.05, 0) is 48.2 Å². The zero-order valence-electron chi connectivity index (χ0n) is 14.7. The molecule has 0 aliphatic carbocycles. The van der Waals surface area contributed by atoms with E-state index in [1.807, 2.05) is 30.6 Å². The van der Waals surface area contributed by atoms with Gasteiger partial charge in [-0.2, -0.15) is 0 Å². The Hall–Kier alpha value is -2.63. The van der Waals surface area contributed by atoms with E-state index < -0.39 is 0 Å². The van der Waals surface area contributed by atoms with Crippen LogP contribution in [0.1, 0.15) is 24.9 Å². The van der Waals surface area contributed by atoms with Crippen LogP contribution in [0.2, 0.25) is 0 Å². The number of hydrogen-bond donors (Lipinski definition) is 3. The van der Waals surface area contributed by atoms with Crippen LogP contribution in [0, 0.1) is 0 Å². The second-order valence-corrected chi connectivity index (χ2v) is 7.29. The third kappa shape index (κ3) is 2.60. The van der Waals surface area contributed by atoms with Crippen molar-refractivity contribution in [2.24, 2.45) is 0 Å². The molecule has 4 rings (SSSR count). The molecule has 1 atom stereocenters. The Morgan fingerprint density at radius 2 is 1.92 bits per heavy atom. The summed E-state index contributed by atoms with van der Waals surface area (Å²) in [7, 11) is 1.96. The van der Waals surface area contributed by atoms with Crippen LogP contribution in [0.25, 0.3) is 32.1 Å². The molecule has 0 bridgehead atoms. The summed E-state index contributed by atoms with van der Waals surface area (Å²) < 4.78 is 0.683. The molecule has 132 valence electrons. The second kappa shape index (κ2) is 6.59. The molecule has 0 aliphatic rings. The first-order chi connectivity index (χ1) is 12.6. The predicted molar refractivity (Wildman–Crippen MR) is 109 cm³/mol. The number of aromatic amines is 1. The van der Waals surface area contributed by atoms with E-state index >= 15 is 0 Å². The van der Waals surface area contributed by atoms with Crippen molar-refractivity contribution in [3.63, 3.8) is 0 Å². The molecule has 4 aromatic rings. The first-order valence-corrected chi connectivity index (χ1v) is 9.54. The molecule has 26 heavy (non-hydrogen) atoms.